The molecule has 1 aromatic carbocycles. The van der Waals surface area contributed by atoms with E-state index in [1.54, 1.807) is 31.2 Å². The lowest BCUT2D eigenvalue weighted by molar-refractivity contribution is 0.0526. The quantitative estimate of drug-likeness (QED) is 0.571. The first kappa shape index (κ1) is 17.7. The summed E-state index contributed by atoms with van der Waals surface area (Å²) in [5.41, 5.74) is 1.16. The fraction of sp³-hybridized carbons (Fsp3) is 0.533. The van der Waals surface area contributed by atoms with Gasteiger partial charge in [0, 0.05) is 0 Å². The van der Waals surface area contributed by atoms with Crippen LogP contribution in [0.5, 0.6) is 0 Å². The molecule has 0 unspecified atom stereocenters. The molecule has 1 aromatic rings. The third kappa shape index (κ3) is 6.27. The van der Waals surface area contributed by atoms with Crippen LogP contribution in [0.25, 0.3) is 0 Å². The minimum Gasteiger partial charge on any atom is -0.462 e. The highest BCUT2D eigenvalue weighted by atomic mass is 32.2. The van der Waals surface area contributed by atoms with Gasteiger partial charge in [-0.3, -0.25) is 4.18 Å². The second kappa shape index (κ2) is 7.56. The van der Waals surface area contributed by atoms with Gasteiger partial charge in [-0.2, -0.15) is 8.42 Å². The Hall–Kier alpha value is -1.40. The number of esters is 1. The van der Waals surface area contributed by atoms with Gasteiger partial charge in [-0.25, -0.2) is 4.79 Å². The van der Waals surface area contributed by atoms with Gasteiger partial charge in [0.2, 0.25) is 0 Å². The van der Waals surface area contributed by atoms with Crippen LogP contribution < -0.4 is 0 Å². The van der Waals surface area contributed by atoms with Crippen molar-refractivity contribution < 1.29 is 22.1 Å². The molecule has 0 radical (unpaired) electrons. The summed E-state index contributed by atoms with van der Waals surface area (Å²) in [6.45, 7) is 6.04. The van der Waals surface area contributed by atoms with Crippen molar-refractivity contribution in [1.82, 2.24) is 0 Å². The van der Waals surface area contributed by atoms with Crippen LogP contribution in [0.15, 0.2) is 24.3 Å². The van der Waals surface area contributed by atoms with Crippen LogP contribution in [0.2, 0.25) is 0 Å². The van der Waals surface area contributed by atoms with Crippen molar-refractivity contribution in [2.45, 2.75) is 33.3 Å². The highest BCUT2D eigenvalue weighted by molar-refractivity contribution is 7.86. The Balaban J connectivity index is 2.95. The Kier molecular flexibility index (Phi) is 6.36. The van der Waals surface area contributed by atoms with E-state index in [2.05, 4.69) is 0 Å². The van der Waals surface area contributed by atoms with Gasteiger partial charge in [0.25, 0.3) is 10.1 Å². The van der Waals surface area contributed by atoms with Crippen molar-refractivity contribution in [3.63, 3.8) is 0 Å². The number of benzene rings is 1. The number of ether oxygens (including phenoxy) is 1. The Bertz CT molecular complexity index is 560. The normalized spacial score (nSPS) is 13.2. The van der Waals surface area contributed by atoms with Crippen LogP contribution in [-0.2, 0) is 19.0 Å². The fourth-order valence-corrected chi connectivity index (χ4v) is 2.53. The van der Waals surface area contributed by atoms with Gasteiger partial charge in [-0.05, 0) is 37.0 Å². The van der Waals surface area contributed by atoms with Crippen LogP contribution in [0.3, 0.4) is 0 Å². The third-order valence-electron chi connectivity index (χ3n) is 2.77. The molecule has 0 fully saturated rings. The highest BCUT2D eigenvalue weighted by Gasteiger charge is 2.19. The summed E-state index contributed by atoms with van der Waals surface area (Å²) < 4.78 is 32.8. The van der Waals surface area contributed by atoms with Gasteiger partial charge >= 0.3 is 5.97 Å². The minimum absolute atomic E-state index is 0.279. The average Bonchev–Trinajstić information content (AvgIpc) is 2.36. The molecule has 0 spiro atoms. The first-order valence-corrected chi connectivity index (χ1v) is 8.70. The molecular weight excluding hydrogens is 292 g/mol. The van der Waals surface area contributed by atoms with Gasteiger partial charge in [0.05, 0.1) is 18.4 Å². The smallest absolute Gasteiger partial charge is 0.338 e. The summed E-state index contributed by atoms with van der Waals surface area (Å²) in [5.74, 6) is -0.116. The zero-order valence-corrected chi connectivity index (χ0v) is 13.6. The summed E-state index contributed by atoms with van der Waals surface area (Å²) in [7, 11) is -3.54. The van der Waals surface area contributed by atoms with Crippen molar-refractivity contribution in [2.24, 2.45) is 5.92 Å². The summed E-state index contributed by atoms with van der Waals surface area (Å²) in [6.07, 6.45) is 1.07. The van der Waals surface area contributed by atoms with Gasteiger partial charge < -0.3 is 4.74 Å². The SMILES string of the molecule is CCOC(=O)c1ccc([C@@H](CC(C)C)OS(C)(=O)=O)cc1. The maximum Gasteiger partial charge on any atom is 0.338 e. The Morgan fingerprint density at radius 1 is 1.19 bits per heavy atom. The second-order valence-corrected chi connectivity index (χ2v) is 6.86. The molecule has 0 aliphatic heterocycles. The molecule has 1 atom stereocenters. The summed E-state index contributed by atoms with van der Waals surface area (Å²) in [5, 5.41) is 0. The summed E-state index contributed by atoms with van der Waals surface area (Å²) in [6, 6.07) is 6.63. The van der Waals surface area contributed by atoms with Crippen LogP contribution in [0, 0.1) is 5.92 Å². The lowest BCUT2D eigenvalue weighted by Gasteiger charge is -2.19. The van der Waals surface area contributed by atoms with Gasteiger partial charge in [-0.15, -0.1) is 0 Å². The van der Waals surface area contributed by atoms with E-state index >= 15 is 0 Å². The predicted molar refractivity (Wildman–Crippen MR) is 80.5 cm³/mol. The largest absolute Gasteiger partial charge is 0.462 e. The molecule has 6 heteroatoms. The van der Waals surface area contributed by atoms with Crippen LogP contribution in [0.4, 0.5) is 0 Å². The molecule has 0 bridgehead atoms. The van der Waals surface area contributed by atoms with E-state index in [4.69, 9.17) is 8.92 Å². The van der Waals surface area contributed by atoms with E-state index in [-0.39, 0.29) is 5.92 Å². The van der Waals surface area contributed by atoms with Crippen molar-refractivity contribution in [3.8, 4) is 0 Å². The van der Waals surface area contributed by atoms with E-state index in [0.717, 1.165) is 11.8 Å². The first-order chi connectivity index (χ1) is 9.73. The third-order valence-corrected chi connectivity index (χ3v) is 3.35. The van der Waals surface area contributed by atoms with Crippen molar-refractivity contribution in [2.75, 3.05) is 12.9 Å². The molecule has 5 nitrogen and oxygen atoms in total. The average molecular weight is 314 g/mol. The molecule has 21 heavy (non-hydrogen) atoms. The van der Waals surface area contributed by atoms with Gasteiger partial charge in [0.15, 0.2) is 0 Å². The molecule has 0 aromatic heterocycles. The molecule has 1 rings (SSSR count). The number of hydrogen-bond acceptors (Lipinski definition) is 5. The molecule has 0 saturated carbocycles. The molecule has 0 aliphatic rings. The van der Waals surface area contributed by atoms with Crippen LogP contribution >= 0.6 is 0 Å². The van der Waals surface area contributed by atoms with Crippen molar-refractivity contribution in [1.29, 1.82) is 0 Å². The molecule has 0 amide bonds. The number of carbonyl (C=O) groups is 1. The topological polar surface area (TPSA) is 69.7 Å². The van der Waals surface area contributed by atoms with Crippen molar-refractivity contribution >= 4 is 16.1 Å². The fourth-order valence-electron chi connectivity index (χ4n) is 1.92. The van der Waals surface area contributed by atoms with Gasteiger partial charge in [0.1, 0.15) is 6.10 Å². The minimum atomic E-state index is -3.54. The summed E-state index contributed by atoms with van der Waals surface area (Å²) >= 11 is 0. The van der Waals surface area contributed by atoms with E-state index in [1.165, 1.54) is 0 Å². The monoisotopic (exact) mass is 314 g/mol. The maximum atomic E-state index is 11.6. The molecule has 0 saturated heterocycles. The standard InChI is InChI=1S/C15H22O5S/c1-5-19-15(16)13-8-6-12(7-9-13)14(10-11(2)3)20-21(4,17)18/h6-9,11,14H,5,10H2,1-4H3/t14-/m1/s1. The lowest BCUT2D eigenvalue weighted by Crippen LogP contribution is -2.13. The second-order valence-electron chi connectivity index (χ2n) is 5.26. The lowest BCUT2D eigenvalue weighted by atomic mass is 9.99. The molecule has 0 N–H and O–H groups in total. The highest BCUT2D eigenvalue weighted by Crippen LogP contribution is 2.27. The first-order valence-electron chi connectivity index (χ1n) is 6.88. The van der Waals surface area contributed by atoms with E-state index in [0.29, 0.717) is 18.6 Å². The molecule has 118 valence electrons. The predicted octanol–water partition coefficient (Wildman–Crippen LogP) is 2.93. The Morgan fingerprint density at radius 2 is 1.76 bits per heavy atom. The van der Waals surface area contributed by atoms with Crippen molar-refractivity contribution in [3.05, 3.63) is 35.4 Å². The number of carbonyl (C=O) groups excluding carboxylic acids is 1. The Morgan fingerprint density at radius 3 is 2.19 bits per heavy atom. The van der Waals surface area contributed by atoms with Gasteiger partial charge in [-0.1, -0.05) is 26.0 Å². The van der Waals surface area contributed by atoms with E-state index < -0.39 is 22.2 Å². The maximum absolute atomic E-state index is 11.6. The number of rotatable bonds is 7. The Labute approximate surface area is 126 Å². The molecular formula is C15H22O5S. The molecule has 0 aliphatic carbocycles. The van der Waals surface area contributed by atoms with Crippen LogP contribution in [0.1, 0.15) is 49.2 Å². The van der Waals surface area contributed by atoms with E-state index in [1.807, 2.05) is 13.8 Å². The van der Waals surface area contributed by atoms with Crippen LogP contribution in [-0.4, -0.2) is 27.2 Å². The zero-order chi connectivity index (χ0) is 16.0. The molecule has 0 heterocycles. The zero-order valence-electron chi connectivity index (χ0n) is 12.8. The number of hydrogen-bond donors (Lipinski definition) is 0. The van der Waals surface area contributed by atoms with E-state index in [9.17, 15) is 13.2 Å². The summed E-state index contributed by atoms with van der Waals surface area (Å²) in [4.78, 5) is 11.6.